The van der Waals surface area contributed by atoms with Gasteiger partial charge in [-0.1, -0.05) is 36.4 Å². The van der Waals surface area contributed by atoms with E-state index in [0.717, 1.165) is 17.5 Å². The number of nitrogens with zero attached hydrogens (tertiary/aromatic N) is 6. The van der Waals surface area contributed by atoms with E-state index in [9.17, 15) is 19.5 Å². The third-order valence-corrected chi connectivity index (χ3v) is 10.9. The van der Waals surface area contributed by atoms with Crippen LogP contribution in [0.3, 0.4) is 0 Å². The number of amides is 3. The second-order valence-electron chi connectivity index (χ2n) is 11.3. The van der Waals surface area contributed by atoms with Crippen molar-refractivity contribution in [3.8, 4) is 0 Å². The second kappa shape index (κ2) is 10.7. The van der Waals surface area contributed by atoms with Gasteiger partial charge in [-0.3, -0.25) is 14.4 Å². The van der Waals surface area contributed by atoms with Gasteiger partial charge in [-0.15, -0.1) is 30.0 Å². The number of aliphatic hydroxyl groups excluding tert-OH is 1. The van der Waals surface area contributed by atoms with Gasteiger partial charge in [0.25, 0.3) is 0 Å². The Morgan fingerprint density at radius 3 is 2.62 bits per heavy atom. The van der Waals surface area contributed by atoms with Crippen molar-refractivity contribution in [1.82, 2.24) is 29.7 Å². The maximum Gasteiger partial charge on any atom is 0.248 e. The highest BCUT2D eigenvalue weighted by Crippen LogP contribution is 2.71. The molecule has 3 aliphatic heterocycles. The Balaban J connectivity index is 1.57. The van der Waals surface area contributed by atoms with Crippen molar-refractivity contribution < 1.29 is 19.5 Å². The molecule has 3 saturated heterocycles. The van der Waals surface area contributed by atoms with Gasteiger partial charge < -0.3 is 19.8 Å². The van der Waals surface area contributed by atoms with E-state index < -0.39 is 33.4 Å². The zero-order chi connectivity index (χ0) is 28.8. The molecule has 2 bridgehead atoms. The van der Waals surface area contributed by atoms with E-state index in [1.165, 1.54) is 0 Å². The fourth-order valence-electron chi connectivity index (χ4n) is 7.08. The molecule has 11 heteroatoms. The summed E-state index contributed by atoms with van der Waals surface area (Å²) in [6, 6.07) is 6.18. The number of thioether (sulfide) groups is 1. The van der Waals surface area contributed by atoms with Gasteiger partial charge in [0.05, 0.1) is 34.7 Å². The zero-order valence-electron chi connectivity index (χ0n) is 23.4. The molecule has 1 N–H and O–H groups in total. The summed E-state index contributed by atoms with van der Waals surface area (Å²) in [5, 5.41) is 18.8. The molecule has 3 aliphatic rings. The molecule has 1 aromatic heterocycles. The van der Waals surface area contributed by atoms with Crippen LogP contribution < -0.4 is 0 Å². The zero-order valence-corrected chi connectivity index (χ0v) is 24.2. The monoisotopic (exact) mass is 566 g/mol. The predicted molar refractivity (Wildman–Crippen MR) is 154 cm³/mol. The maximum absolute atomic E-state index is 14.7. The van der Waals surface area contributed by atoms with E-state index in [4.69, 9.17) is 0 Å². The number of rotatable bonds is 11. The number of hydrogen-bond acceptors (Lipinski definition) is 7. The molecular weight excluding hydrogens is 528 g/mol. The van der Waals surface area contributed by atoms with Crippen LogP contribution in [0, 0.1) is 11.8 Å². The summed E-state index contributed by atoms with van der Waals surface area (Å²) < 4.78 is 0.432. The molecule has 214 valence electrons. The number of carbonyl (C=O) groups is 3. The van der Waals surface area contributed by atoms with Crippen LogP contribution in [0.25, 0.3) is 11.0 Å². The number of likely N-dealkylation sites (tertiary alicyclic amines) is 1. The minimum atomic E-state index is -0.828. The summed E-state index contributed by atoms with van der Waals surface area (Å²) in [6.45, 7) is 12.1. The van der Waals surface area contributed by atoms with Crippen molar-refractivity contribution in [3.05, 3.63) is 49.6 Å². The molecule has 3 fully saturated rings. The summed E-state index contributed by atoms with van der Waals surface area (Å²) in [4.78, 5) is 47.7. The number of para-hydroxylation sites is 1. The number of aliphatic hydroxyl groups is 1. The van der Waals surface area contributed by atoms with Gasteiger partial charge in [-0.25, -0.2) is 4.68 Å². The average molecular weight is 567 g/mol. The summed E-state index contributed by atoms with van der Waals surface area (Å²) in [5.74, 6) is -1.76. The molecule has 0 radical (unpaired) electrons. The van der Waals surface area contributed by atoms with E-state index in [0.29, 0.717) is 19.4 Å². The largest absolute Gasteiger partial charge is 0.394 e. The van der Waals surface area contributed by atoms with Crippen LogP contribution >= 0.6 is 11.8 Å². The predicted octanol–water partition coefficient (Wildman–Crippen LogP) is 2.30. The van der Waals surface area contributed by atoms with Gasteiger partial charge in [-0.05, 0) is 38.3 Å². The van der Waals surface area contributed by atoms with E-state index in [1.807, 2.05) is 31.2 Å². The van der Waals surface area contributed by atoms with Crippen molar-refractivity contribution in [2.45, 2.75) is 61.4 Å². The Morgan fingerprint density at radius 2 is 1.95 bits per heavy atom. The standard InChI is InChI=1S/C29H38N6O4S/c1-6-15-32(5)25(37)22-23-26(38)35(19(8-3)17-36)24(29(23)14-13-28(22,4)40-29)27(39)33(16-7-2)18-34-21-12-10-9-11-20(21)30-31-34/h6-7,9-12,19,22-24,36H,1-2,8,13-18H2,3-5H3/t19-,22+,23-,24?,28-,29?/m0/s1. The molecule has 3 amide bonds. The molecule has 4 heterocycles. The van der Waals surface area contributed by atoms with Crippen LogP contribution in [-0.2, 0) is 21.1 Å². The van der Waals surface area contributed by atoms with Crippen molar-refractivity contribution in [3.63, 3.8) is 0 Å². The minimum Gasteiger partial charge on any atom is -0.394 e. The molecule has 1 spiro atoms. The van der Waals surface area contributed by atoms with Crippen molar-refractivity contribution in [2.24, 2.45) is 11.8 Å². The Morgan fingerprint density at radius 1 is 1.23 bits per heavy atom. The average Bonchev–Trinajstić information content (AvgIpc) is 3.65. The van der Waals surface area contributed by atoms with Crippen LogP contribution in [0.1, 0.15) is 33.1 Å². The summed E-state index contributed by atoms with van der Waals surface area (Å²) >= 11 is 1.63. The lowest BCUT2D eigenvalue weighted by Gasteiger charge is -2.39. The number of likely N-dealkylation sites (N-methyl/N-ethyl adjacent to an activating group) is 1. The SMILES string of the molecule is C=CCN(C)C(=O)[C@H]1[C@H]2C(=O)N([C@@H](CC)CO)C(C(=O)N(CC=C)Cn3nnc4ccccc43)C23CC[C@]1(C)S3. The highest BCUT2D eigenvalue weighted by molar-refractivity contribution is 8.02. The molecule has 10 nitrogen and oxygen atoms in total. The van der Waals surface area contributed by atoms with Gasteiger partial charge >= 0.3 is 0 Å². The molecule has 0 saturated carbocycles. The van der Waals surface area contributed by atoms with E-state index in [-0.39, 0.29) is 37.5 Å². The van der Waals surface area contributed by atoms with Crippen LogP contribution in [-0.4, -0.2) is 101 Å². The Bertz CT molecular complexity index is 1340. The Labute approximate surface area is 239 Å². The van der Waals surface area contributed by atoms with Gasteiger partial charge in [0.2, 0.25) is 17.7 Å². The quantitative estimate of drug-likeness (QED) is 0.416. The van der Waals surface area contributed by atoms with Gasteiger partial charge in [0, 0.05) is 24.9 Å². The second-order valence-corrected chi connectivity index (χ2v) is 13.2. The number of fused-ring (bicyclic) bond motifs is 2. The molecule has 6 atom stereocenters. The number of aromatic nitrogens is 3. The van der Waals surface area contributed by atoms with E-state index >= 15 is 0 Å². The summed E-state index contributed by atoms with van der Waals surface area (Å²) in [6.07, 6.45) is 5.19. The minimum absolute atomic E-state index is 0.100. The lowest BCUT2D eigenvalue weighted by molar-refractivity contribution is -0.148. The molecule has 5 rings (SSSR count). The van der Waals surface area contributed by atoms with E-state index in [2.05, 4.69) is 30.4 Å². The van der Waals surface area contributed by atoms with Crippen LogP contribution in [0.15, 0.2) is 49.6 Å². The summed E-state index contributed by atoms with van der Waals surface area (Å²) in [7, 11) is 1.73. The van der Waals surface area contributed by atoms with Crippen LogP contribution in [0.5, 0.6) is 0 Å². The molecule has 2 aromatic rings. The fraction of sp³-hybridized carbons (Fsp3) is 0.552. The number of benzene rings is 1. The molecule has 1 aromatic carbocycles. The highest BCUT2D eigenvalue weighted by Gasteiger charge is 2.77. The Kier molecular flexibility index (Phi) is 7.56. The lowest BCUT2D eigenvalue weighted by Crippen LogP contribution is -2.57. The lowest BCUT2D eigenvalue weighted by atomic mass is 9.66. The number of carbonyl (C=O) groups excluding carboxylic acids is 3. The molecular formula is C29H38N6O4S. The van der Waals surface area contributed by atoms with E-state index in [1.54, 1.807) is 50.3 Å². The fourth-order valence-corrected chi connectivity index (χ4v) is 9.41. The van der Waals surface area contributed by atoms with Crippen molar-refractivity contribution in [1.29, 1.82) is 0 Å². The van der Waals surface area contributed by atoms with Crippen LogP contribution in [0.4, 0.5) is 0 Å². The third-order valence-electron chi connectivity index (χ3n) is 8.96. The van der Waals surface area contributed by atoms with Gasteiger partial charge in [0.1, 0.15) is 18.2 Å². The van der Waals surface area contributed by atoms with Crippen molar-refractivity contribution >= 4 is 40.5 Å². The van der Waals surface area contributed by atoms with Crippen molar-refractivity contribution in [2.75, 3.05) is 26.7 Å². The first-order chi connectivity index (χ1) is 19.2. The van der Waals surface area contributed by atoms with Gasteiger partial charge in [0.15, 0.2) is 0 Å². The molecule has 40 heavy (non-hydrogen) atoms. The smallest absolute Gasteiger partial charge is 0.248 e. The molecule has 2 unspecified atom stereocenters. The van der Waals surface area contributed by atoms with Gasteiger partial charge in [-0.2, -0.15) is 0 Å². The highest BCUT2D eigenvalue weighted by atomic mass is 32.2. The topological polar surface area (TPSA) is 112 Å². The normalized spacial score (nSPS) is 29.4. The first-order valence-electron chi connectivity index (χ1n) is 13.8. The first-order valence-corrected chi connectivity index (χ1v) is 14.7. The molecule has 0 aliphatic carbocycles. The summed E-state index contributed by atoms with van der Waals surface area (Å²) in [5.41, 5.74) is 1.51. The Hall–Kier alpha value is -3.18. The first kappa shape index (κ1) is 28.4. The number of hydrogen-bond donors (Lipinski definition) is 1. The third kappa shape index (κ3) is 4.16. The van der Waals surface area contributed by atoms with Crippen LogP contribution in [0.2, 0.25) is 0 Å². The maximum atomic E-state index is 14.7.